The van der Waals surface area contributed by atoms with Gasteiger partial charge in [-0.3, -0.25) is 10.4 Å². The van der Waals surface area contributed by atoms with Gasteiger partial charge in [0.05, 0.1) is 5.69 Å². The van der Waals surface area contributed by atoms with Crippen LogP contribution in [0.15, 0.2) is 77.1 Å². The Bertz CT molecular complexity index is 1020. The van der Waals surface area contributed by atoms with Gasteiger partial charge in [-0.1, -0.05) is 49.7 Å². The Labute approximate surface area is 163 Å². The number of hydrogen-bond acceptors (Lipinski definition) is 4. The molecule has 4 nitrogen and oxygen atoms in total. The van der Waals surface area contributed by atoms with Crippen LogP contribution in [0.1, 0.15) is 42.0 Å². The van der Waals surface area contributed by atoms with Crippen LogP contribution in [0.25, 0.3) is 0 Å². The van der Waals surface area contributed by atoms with Crippen LogP contribution in [-0.2, 0) is 0 Å². The molecule has 0 radical (unpaired) electrons. The van der Waals surface area contributed by atoms with Gasteiger partial charge in [-0.05, 0) is 41.8 Å². The average Bonchev–Trinajstić information content (AvgIpc) is 2.88. The van der Waals surface area contributed by atoms with Crippen molar-refractivity contribution in [1.82, 2.24) is 10.4 Å². The lowest BCUT2D eigenvalue weighted by atomic mass is 10.0. The molecule has 0 spiro atoms. The molecule has 27 heavy (non-hydrogen) atoms. The summed E-state index contributed by atoms with van der Waals surface area (Å²) in [4.78, 5) is 9.02. The Morgan fingerprint density at radius 1 is 0.963 bits per heavy atom. The van der Waals surface area contributed by atoms with E-state index in [0.717, 1.165) is 28.1 Å². The Morgan fingerprint density at radius 3 is 2.48 bits per heavy atom. The van der Waals surface area contributed by atoms with E-state index in [4.69, 9.17) is 16.6 Å². The predicted molar refractivity (Wildman–Crippen MR) is 111 cm³/mol. The first-order valence-electron chi connectivity index (χ1n) is 8.85. The van der Waals surface area contributed by atoms with E-state index in [1.807, 2.05) is 30.3 Å². The normalized spacial score (nSPS) is 13.3. The molecule has 1 aliphatic rings. The zero-order valence-corrected chi connectivity index (χ0v) is 15.9. The molecule has 0 atom stereocenters. The van der Waals surface area contributed by atoms with Gasteiger partial charge in [-0.25, -0.2) is 4.99 Å². The summed E-state index contributed by atoms with van der Waals surface area (Å²) < 4.78 is 0. The van der Waals surface area contributed by atoms with Crippen LogP contribution in [-0.4, -0.2) is 16.5 Å². The molecule has 0 fully saturated rings. The Kier molecular flexibility index (Phi) is 4.73. The van der Waals surface area contributed by atoms with E-state index in [1.54, 1.807) is 12.4 Å². The van der Waals surface area contributed by atoms with Gasteiger partial charge in [0, 0.05) is 34.1 Å². The summed E-state index contributed by atoms with van der Waals surface area (Å²) >= 11 is 6.24. The molecule has 5 heteroatoms. The fourth-order valence-electron chi connectivity index (χ4n) is 2.99. The third-order valence-electron chi connectivity index (χ3n) is 4.51. The average molecular weight is 375 g/mol. The van der Waals surface area contributed by atoms with Gasteiger partial charge in [-0.2, -0.15) is 5.10 Å². The number of hydrazone groups is 1. The molecule has 2 aromatic carbocycles. The first kappa shape index (κ1) is 17.4. The molecule has 1 aromatic heterocycles. The van der Waals surface area contributed by atoms with E-state index < -0.39 is 0 Å². The standard InChI is InChI=1S/C22H19ClN4/c1-14(2)15-5-7-16(8-6-15)22-25-20-10-9-18(23)12-19(20)21(26-27-22)17-4-3-11-24-13-17/h3-14H,1-2H3,(H,25,27). The number of amidine groups is 1. The minimum Gasteiger partial charge on any atom is -0.264 e. The zero-order valence-electron chi connectivity index (χ0n) is 15.1. The topological polar surface area (TPSA) is 49.6 Å². The summed E-state index contributed by atoms with van der Waals surface area (Å²) in [6.45, 7) is 4.36. The molecule has 1 N–H and O–H groups in total. The number of nitrogens with zero attached hydrogens (tertiary/aromatic N) is 3. The maximum Gasteiger partial charge on any atom is 0.154 e. The summed E-state index contributed by atoms with van der Waals surface area (Å²) in [5.41, 5.74) is 8.75. The van der Waals surface area contributed by atoms with Gasteiger partial charge in [0.15, 0.2) is 5.84 Å². The number of rotatable bonds is 3. The van der Waals surface area contributed by atoms with E-state index in [-0.39, 0.29) is 0 Å². The van der Waals surface area contributed by atoms with Crippen molar-refractivity contribution in [1.29, 1.82) is 0 Å². The van der Waals surface area contributed by atoms with Crippen molar-refractivity contribution < 1.29 is 0 Å². The van der Waals surface area contributed by atoms with Gasteiger partial charge < -0.3 is 0 Å². The molecule has 0 bridgehead atoms. The summed E-state index contributed by atoms with van der Waals surface area (Å²) in [5, 5.41) is 5.27. The maximum atomic E-state index is 6.24. The number of pyridine rings is 1. The molecule has 0 saturated heterocycles. The highest BCUT2D eigenvalue weighted by Gasteiger charge is 2.18. The number of nitrogens with one attached hydrogen (secondary N) is 1. The summed E-state index contributed by atoms with van der Waals surface area (Å²) in [5.74, 6) is 1.19. The zero-order chi connectivity index (χ0) is 18.8. The quantitative estimate of drug-likeness (QED) is 0.676. The van der Waals surface area contributed by atoms with Crippen LogP contribution in [0.3, 0.4) is 0 Å². The van der Waals surface area contributed by atoms with Crippen molar-refractivity contribution in [2.45, 2.75) is 19.8 Å². The Morgan fingerprint density at radius 2 is 1.78 bits per heavy atom. The summed E-state index contributed by atoms with van der Waals surface area (Å²) in [6.07, 6.45) is 3.53. The minimum absolute atomic E-state index is 0.487. The fourth-order valence-corrected chi connectivity index (χ4v) is 3.16. The molecular weight excluding hydrogens is 356 g/mol. The molecule has 0 amide bonds. The number of aliphatic imine (C=N–C) groups is 1. The van der Waals surface area contributed by atoms with Crippen LogP contribution in [0.4, 0.5) is 5.69 Å². The highest BCUT2D eigenvalue weighted by Crippen LogP contribution is 2.28. The first-order valence-corrected chi connectivity index (χ1v) is 9.22. The SMILES string of the molecule is CC(C)c1ccc(C2=Nc3ccc(Cl)cc3C(c3cccnc3)=NN2)cc1. The first-order chi connectivity index (χ1) is 13.1. The van der Waals surface area contributed by atoms with Gasteiger partial charge in [-0.15, -0.1) is 0 Å². The van der Waals surface area contributed by atoms with Crippen molar-refractivity contribution in [3.63, 3.8) is 0 Å². The predicted octanol–water partition coefficient (Wildman–Crippen LogP) is 5.29. The highest BCUT2D eigenvalue weighted by molar-refractivity contribution is 6.31. The van der Waals surface area contributed by atoms with Gasteiger partial charge in [0.2, 0.25) is 0 Å². The number of aromatic nitrogens is 1. The molecule has 3 aromatic rings. The Hall–Kier alpha value is -2.98. The van der Waals surface area contributed by atoms with Crippen molar-refractivity contribution in [2.75, 3.05) is 0 Å². The number of hydrogen-bond donors (Lipinski definition) is 1. The van der Waals surface area contributed by atoms with Crippen LogP contribution >= 0.6 is 11.6 Å². The van der Waals surface area contributed by atoms with Crippen molar-refractivity contribution in [3.05, 3.63) is 94.3 Å². The lowest BCUT2D eigenvalue weighted by Crippen LogP contribution is -2.19. The molecule has 0 saturated carbocycles. The molecule has 0 aliphatic carbocycles. The van der Waals surface area contributed by atoms with E-state index in [9.17, 15) is 0 Å². The minimum atomic E-state index is 0.487. The molecule has 1 aliphatic heterocycles. The van der Waals surface area contributed by atoms with E-state index >= 15 is 0 Å². The molecule has 4 rings (SSSR count). The van der Waals surface area contributed by atoms with Crippen molar-refractivity contribution in [3.8, 4) is 0 Å². The summed E-state index contributed by atoms with van der Waals surface area (Å²) in [7, 11) is 0. The molecule has 134 valence electrons. The van der Waals surface area contributed by atoms with Crippen LogP contribution in [0, 0.1) is 0 Å². The van der Waals surface area contributed by atoms with Gasteiger partial charge >= 0.3 is 0 Å². The van der Waals surface area contributed by atoms with E-state index in [2.05, 4.69) is 53.6 Å². The van der Waals surface area contributed by atoms with Crippen molar-refractivity contribution in [2.24, 2.45) is 10.1 Å². The number of benzene rings is 2. The second-order valence-electron chi connectivity index (χ2n) is 6.71. The Balaban J connectivity index is 1.81. The number of halogens is 1. The summed E-state index contributed by atoms with van der Waals surface area (Å²) in [6, 6.07) is 17.9. The van der Waals surface area contributed by atoms with Crippen LogP contribution < -0.4 is 5.43 Å². The van der Waals surface area contributed by atoms with Gasteiger partial charge in [0.25, 0.3) is 0 Å². The third kappa shape index (κ3) is 3.62. The molecule has 0 unspecified atom stereocenters. The second kappa shape index (κ2) is 7.33. The lowest BCUT2D eigenvalue weighted by Gasteiger charge is -2.08. The smallest absolute Gasteiger partial charge is 0.154 e. The highest BCUT2D eigenvalue weighted by atomic mass is 35.5. The third-order valence-corrected chi connectivity index (χ3v) is 4.74. The maximum absolute atomic E-state index is 6.24. The molecule has 2 heterocycles. The van der Waals surface area contributed by atoms with Crippen LogP contribution in [0.2, 0.25) is 5.02 Å². The number of fused-ring (bicyclic) bond motifs is 1. The molecular formula is C22H19ClN4. The largest absolute Gasteiger partial charge is 0.264 e. The van der Waals surface area contributed by atoms with Gasteiger partial charge in [0.1, 0.15) is 5.71 Å². The van der Waals surface area contributed by atoms with Crippen molar-refractivity contribution >= 4 is 28.8 Å². The van der Waals surface area contributed by atoms with E-state index in [1.165, 1.54) is 5.56 Å². The lowest BCUT2D eigenvalue weighted by molar-refractivity contribution is 0.866. The fraction of sp³-hybridized carbons (Fsp3) is 0.136. The van der Waals surface area contributed by atoms with E-state index in [0.29, 0.717) is 16.8 Å². The van der Waals surface area contributed by atoms with Crippen LogP contribution in [0.5, 0.6) is 0 Å². The monoisotopic (exact) mass is 374 g/mol. The second-order valence-corrected chi connectivity index (χ2v) is 7.15.